The first-order chi connectivity index (χ1) is 9.71. The standard InChI is InChI=1S/C16H23NO3/c1-20-15(19)14(13-7-3-2-4-8-13)11-17-16(12-18)9-5-6-10-16/h2-4,7-8,14,17-18H,5-6,9-12H2,1H3. The van der Waals surface area contributed by atoms with Crippen molar-refractivity contribution in [2.75, 3.05) is 20.3 Å². The molecule has 0 amide bonds. The molecule has 1 unspecified atom stereocenters. The monoisotopic (exact) mass is 277 g/mol. The fourth-order valence-corrected chi connectivity index (χ4v) is 2.93. The minimum absolute atomic E-state index is 0.121. The number of carbonyl (C=O) groups excluding carboxylic acids is 1. The predicted molar refractivity (Wildman–Crippen MR) is 77.5 cm³/mol. The molecule has 0 spiro atoms. The van der Waals surface area contributed by atoms with Gasteiger partial charge in [-0.05, 0) is 18.4 Å². The molecule has 1 aromatic rings. The summed E-state index contributed by atoms with van der Waals surface area (Å²) in [7, 11) is 1.41. The third-order valence-corrected chi connectivity index (χ3v) is 4.23. The van der Waals surface area contributed by atoms with Gasteiger partial charge in [-0.15, -0.1) is 0 Å². The van der Waals surface area contributed by atoms with Gasteiger partial charge in [0.15, 0.2) is 0 Å². The van der Waals surface area contributed by atoms with Crippen molar-refractivity contribution in [2.45, 2.75) is 37.1 Å². The zero-order valence-corrected chi connectivity index (χ0v) is 12.0. The molecular formula is C16H23NO3. The van der Waals surface area contributed by atoms with E-state index in [4.69, 9.17) is 4.74 Å². The fraction of sp³-hybridized carbons (Fsp3) is 0.562. The molecule has 1 fully saturated rings. The summed E-state index contributed by atoms with van der Waals surface area (Å²) in [5, 5.41) is 13.0. The molecule has 2 rings (SSSR count). The van der Waals surface area contributed by atoms with Gasteiger partial charge >= 0.3 is 5.97 Å². The second-order valence-electron chi connectivity index (χ2n) is 5.51. The Morgan fingerprint density at radius 1 is 1.35 bits per heavy atom. The largest absolute Gasteiger partial charge is 0.469 e. The maximum absolute atomic E-state index is 12.0. The number of rotatable bonds is 6. The minimum Gasteiger partial charge on any atom is -0.469 e. The van der Waals surface area contributed by atoms with Crippen LogP contribution in [0.2, 0.25) is 0 Å². The number of benzene rings is 1. The maximum atomic E-state index is 12.0. The summed E-state index contributed by atoms with van der Waals surface area (Å²) in [6.07, 6.45) is 4.18. The van der Waals surface area contributed by atoms with Gasteiger partial charge < -0.3 is 15.2 Å². The molecule has 0 bridgehead atoms. The number of nitrogens with one attached hydrogen (secondary N) is 1. The molecule has 0 aromatic heterocycles. The van der Waals surface area contributed by atoms with Crippen molar-refractivity contribution in [1.82, 2.24) is 5.32 Å². The van der Waals surface area contributed by atoms with Crippen LogP contribution in [-0.2, 0) is 9.53 Å². The van der Waals surface area contributed by atoms with Crippen molar-refractivity contribution in [3.8, 4) is 0 Å². The Morgan fingerprint density at radius 3 is 2.55 bits per heavy atom. The molecule has 1 aliphatic carbocycles. The van der Waals surface area contributed by atoms with Crippen molar-refractivity contribution >= 4 is 5.97 Å². The topological polar surface area (TPSA) is 58.6 Å². The third-order valence-electron chi connectivity index (χ3n) is 4.23. The van der Waals surface area contributed by atoms with Gasteiger partial charge in [-0.3, -0.25) is 4.79 Å². The van der Waals surface area contributed by atoms with Crippen molar-refractivity contribution in [1.29, 1.82) is 0 Å². The first-order valence-corrected chi connectivity index (χ1v) is 7.19. The Kier molecular flexibility index (Phi) is 5.15. The highest BCUT2D eigenvalue weighted by Gasteiger charge is 2.34. The Morgan fingerprint density at radius 2 is 2.00 bits per heavy atom. The van der Waals surface area contributed by atoms with Crippen molar-refractivity contribution in [3.63, 3.8) is 0 Å². The summed E-state index contributed by atoms with van der Waals surface area (Å²) in [5.41, 5.74) is 0.721. The number of aliphatic hydroxyl groups is 1. The number of carbonyl (C=O) groups is 1. The lowest BCUT2D eigenvalue weighted by Crippen LogP contribution is -2.48. The lowest BCUT2D eigenvalue weighted by Gasteiger charge is -2.30. The number of esters is 1. The molecule has 1 atom stereocenters. The summed E-state index contributed by atoms with van der Waals surface area (Å²) in [6.45, 7) is 0.618. The normalized spacial score (nSPS) is 18.7. The van der Waals surface area contributed by atoms with Crippen molar-refractivity contribution in [2.24, 2.45) is 0 Å². The molecule has 2 N–H and O–H groups in total. The second kappa shape index (κ2) is 6.86. The Hall–Kier alpha value is -1.39. The van der Waals surface area contributed by atoms with Gasteiger partial charge in [0.1, 0.15) is 0 Å². The highest BCUT2D eigenvalue weighted by Crippen LogP contribution is 2.30. The molecule has 4 nitrogen and oxygen atoms in total. The predicted octanol–water partition coefficient (Wildman–Crippen LogP) is 1.84. The summed E-state index contributed by atoms with van der Waals surface area (Å²) in [4.78, 5) is 12.0. The van der Waals surface area contributed by atoms with E-state index in [1.165, 1.54) is 7.11 Å². The van der Waals surface area contributed by atoms with Gasteiger partial charge in [-0.1, -0.05) is 43.2 Å². The molecule has 1 saturated carbocycles. The van der Waals surface area contributed by atoms with E-state index in [9.17, 15) is 9.90 Å². The first kappa shape index (κ1) is 15.0. The van der Waals surface area contributed by atoms with Gasteiger partial charge in [0.2, 0.25) is 0 Å². The van der Waals surface area contributed by atoms with E-state index in [1.807, 2.05) is 30.3 Å². The Bertz CT molecular complexity index is 427. The van der Waals surface area contributed by atoms with Crippen LogP contribution in [0.25, 0.3) is 0 Å². The van der Waals surface area contributed by atoms with E-state index in [2.05, 4.69) is 5.32 Å². The molecule has 110 valence electrons. The lowest BCUT2D eigenvalue weighted by molar-refractivity contribution is -0.142. The van der Waals surface area contributed by atoms with Crippen LogP contribution in [-0.4, -0.2) is 36.9 Å². The average molecular weight is 277 g/mol. The van der Waals surface area contributed by atoms with Crippen LogP contribution in [0.1, 0.15) is 37.2 Å². The quantitative estimate of drug-likeness (QED) is 0.779. The second-order valence-corrected chi connectivity index (χ2v) is 5.51. The average Bonchev–Trinajstić information content (AvgIpc) is 2.97. The number of aliphatic hydroxyl groups excluding tert-OH is 1. The Labute approximate surface area is 120 Å². The Balaban J connectivity index is 2.07. The number of hydrogen-bond donors (Lipinski definition) is 2. The van der Waals surface area contributed by atoms with E-state index in [0.29, 0.717) is 6.54 Å². The number of hydrogen-bond acceptors (Lipinski definition) is 4. The fourth-order valence-electron chi connectivity index (χ4n) is 2.93. The van der Waals surface area contributed by atoms with E-state index < -0.39 is 0 Å². The molecule has 1 aliphatic rings. The first-order valence-electron chi connectivity index (χ1n) is 7.19. The van der Waals surface area contributed by atoms with Crippen LogP contribution in [0.4, 0.5) is 0 Å². The van der Waals surface area contributed by atoms with Crippen LogP contribution in [0.3, 0.4) is 0 Å². The van der Waals surface area contributed by atoms with Crippen LogP contribution >= 0.6 is 0 Å². The van der Waals surface area contributed by atoms with E-state index in [1.54, 1.807) is 0 Å². The van der Waals surface area contributed by atoms with Crippen LogP contribution in [0.15, 0.2) is 30.3 Å². The lowest BCUT2D eigenvalue weighted by atomic mass is 9.94. The molecule has 4 heteroatoms. The van der Waals surface area contributed by atoms with Gasteiger partial charge in [0, 0.05) is 12.1 Å². The molecule has 0 aliphatic heterocycles. The highest BCUT2D eigenvalue weighted by atomic mass is 16.5. The van der Waals surface area contributed by atoms with Crippen LogP contribution < -0.4 is 5.32 Å². The van der Waals surface area contributed by atoms with Gasteiger partial charge in [0.25, 0.3) is 0 Å². The molecule has 0 radical (unpaired) electrons. The van der Waals surface area contributed by atoms with Gasteiger partial charge in [-0.2, -0.15) is 0 Å². The molecule has 0 heterocycles. The molecule has 1 aromatic carbocycles. The SMILES string of the molecule is COC(=O)C(CNC1(CO)CCCC1)c1ccccc1. The van der Waals surface area contributed by atoms with Crippen molar-refractivity contribution in [3.05, 3.63) is 35.9 Å². The number of ether oxygens (including phenoxy) is 1. The molecular weight excluding hydrogens is 254 g/mol. The summed E-state index contributed by atoms with van der Waals surface area (Å²) in [5.74, 6) is -0.569. The summed E-state index contributed by atoms with van der Waals surface area (Å²) < 4.78 is 4.91. The molecule has 0 saturated heterocycles. The van der Waals surface area contributed by atoms with E-state index >= 15 is 0 Å². The zero-order valence-electron chi connectivity index (χ0n) is 12.0. The van der Waals surface area contributed by atoms with Crippen LogP contribution in [0, 0.1) is 0 Å². The molecule has 20 heavy (non-hydrogen) atoms. The maximum Gasteiger partial charge on any atom is 0.314 e. The van der Waals surface area contributed by atoms with Gasteiger partial charge in [-0.25, -0.2) is 0 Å². The summed E-state index contributed by atoms with van der Waals surface area (Å²) in [6, 6.07) is 9.63. The number of methoxy groups -OCH3 is 1. The van der Waals surface area contributed by atoms with E-state index in [0.717, 1.165) is 31.2 Å². The van der Waals surface area contributed by atoms with Gasteiger partial charge in [0.05, 0.1) is 19.6 Å². The zero-order chi connectivity index (χ0) is 14.4. The summed E-state index contributed by atoms with van der Waals surface area (Å²) >= 11 is 0. The third kappa shape index (κ3) is 3.38. The van der Waals surface area contributed by atoms with E-state index in [-0.39, 0.29) is 24.0 Å². The smallest absolute Gasteiger partial charge is 0.314 e. The highest BCUT2D eigenvalue weighted by molar-refractivity contribution is 5.78. The van der Waals surface area contributed by atoms with Crippen molar-refractivity contribution < 1.29 is 14.6 Å². The van der Waals surface area contributed by atoms with Crippen LogP contribution in [0.5, 0.6) is 0 Å². The minimum atomic E-state index is -0.328.